The molecule has 2 aromatic rings. The Morgan fingerprint density at radius 3 is 2.95 bits per heavy atom. The molecule has 0 aliphatic carbocycles. The topological polar surface area (TPSA) is 59.6 Å². The molecule has 0 saturated carbocycles. The molecule has 0 saturated heterocycles. The fraction of sp³-hybridized carbons (Fsp3) is 0.235. The number of carbonyl (C=O) groups excluding carboxylic acids is 1. The SMILES string of the molecule is O=C(Nc1ccc2c(c1)OCO2)C1CNCc2ccccc21. The molecule has 2 aliphatic rings. The van der Waals surface area contributed by atoms with Gasteiger partial charge in [-0.2, -0.15) is 0 Å². The first kappa shape index (κ1) is 13.2. The maximum absolute atomic E-state index is 12.6. The number of ether oxygens (including phenoxy) is 2. The van der Waals surface area contributed by atoms with Crippen molar-refractivity contribution >= 4 is 11.6 Å². The smallest absolute Gasteiger partial charge is 0.233 e. The lowest BCUT2D eigenvalue weighted by Crippen LogP contribution is -2.35. The number of anilines is 1. The lowest BCUT2D eigenvalue weighted by molar-refractivity contribution is -0.117. The first-order valence-corrected chi connectivity index (χ1v) is 7.30. The first-order valence-electron chi connectivity index (χ1n) is 7.30. The normalized spacial score (nSPS) is 18.6. The van der Waals surface area contributed by atoms with E-state index < -0.39 is 0 Å². The third kappa shape index (κ3) is 2.29. The summed E-state index contributed by atoms with van der Waals surface area (Å²) in [6, 6.07) is 13.5. The maximum atomic E-state index is 12.6. The van der Waals surface area contributed by atoms with Gasteiger partial charge in [-0.1, -0.05) is 24.3 Å². The Labute approximate surface area is 128 Å². The quantitative estimate of drug-likeness (QED) is 0.892. The third-order valence-electron chi connectivity index (χ3n) is 4.05. The number of hydrogen-bond acceptors (Lipinski definition) is 4. The molecule has 1 unspecified atom stereocenters. The van der Waals surface area contributed by atoms with E-state index in [4.69, 9.17) is 9.47 Å². The van der Waals surface area contributed by atoms with Crippen molar-refractivity contribution in [2.24, 2.45) is 0 Å². The molecular weight excluding hydrogens is 280 g/mol. The van der Waals surface area contributed by atoms with E-state index in [0.29, 0.717) is 18.0 Å². The van der Waals surface area contributed by atoms with Gasteiger partial charge >= 0.3 is 0 Å². The Bertz CT molecular complexity index is 730. The van der Waals surface area contributed by atoms with E-state index in [-0.39, 0.29) is 18.6 Å². The van der Waals surface area contributed by atoms with Gasteiger partial charge in [-0.25, -0.2) is 0 Å². The summed E-state index contributed by atoms with van der Waals surface area (Å²) in [7, 11) is 0. The average Bonchev–Trinajstić information content (AvgIpc) is 3.02. The van der Waals surface area contributed by atoms with E-state index >= 15 is 0 Å². The van der Waals surface area contributed by atoms with Crippen molar-refractivity contribution in [3.05, 3.63) is 53.6 Å². The molecule has 4 rings (SSSR count). The average molecular weight is 296 g/mol. The molecule has 0 spiro atoms. The van der Waals surface area contributed by atoms with Gasteiger partial charge in [0.2, 0.25) is 12.7 Å². The molecule has 0 radical (unpaired) electrons. The first-order chi connectivity index (χ1) is 10.8. The summed E-state index contributed by atoms with van der Waals surface area (Å²) >= 11 is 0. The minimum atomic E-state index is -0.185. The van der Waals surface area contributed by atoms with E-state index in [1.807, 2.05) is 30.3 Å². The molecule has 1 amide bonds. The lowest BCUT2D eigenvalue weighted by atomic mass is 9.90. The summed E-state index contributed by atoms with van der Waals surface area (Å²) < 4.78 is 10.6. The maximum Gasteiger partial charge on any atom is 0.233 e. The fourth-order valence-corrected chi connectivity index (χ4v) is 2.93. The largest absolute Gasteiger partial charge is 0.454 e. The van der Waals surface area contributed by atoms with Crippen LogP contribution in [0.2, 0.25) is 0 Å². The van der Waals surface area contributed by atoms with Crippen molar-refractivity contribution < 1.29 is 14.3 Å². The van der Waals surface area contributed by atoms with E-state index in [1.54, 1.807) is 6.07 Å². The standard InChI is InChI=1S/C17H16N2O3/c20-17(14-9-18-8-11-3-1-2-4-13(11)14)19-12-5-6-15-16(7-12)22-10-21-15/h1-7,14,18H,8-10H2,(H,19,20). The Hall–Kier alpha value is -2.53. The molecule has 112 valence electrons. The van der Waals surface area contributed by atoms with Crippen LogP contribution in [0, 0.1) is 0 Å². The predicted molar refractivity (Wildman–Crippen MR) is 82.1 cm³/mol. The summed E-state index contributed by atoms with van der Waals surface area (Å²) in [5, 5.41) is 6.26. The van der Waals surface area contributed by atoms with Crippen LogP contribution >= 0.6 is 0 Å². The number of amides is 1. The molecule has 2 heterocycles. The molecule has 22 heavy (non-hydrogen) atoms. The van der Waals surface area contributed by atoms with Crippen molar-refractivity contribution in [1.29, 1.82) is 0 Å². The van der Waals surface area contributed by atoms with Gasteiger partial charge < -0.3 is 20.1 Å². The Balaban J connectivity index is 1.56. The van der Waals surface area contributed by atoms with Gasteiger partial charge in [0.05, 0.1) is 5.92 Å². The van der Waals surface area contributed by atoms with Crippen LogP contribution in [0.15, 0.2) is 42.5 Å². The van der Waals surface area contributed by atoms with E-state index in [0.717, 1.165) is 17.8 Å². The highest BCUT2D eigenvalue weighted by Gasteiger charge is 2.26. The van der Waals surface area contributed by atoms with Gasteiger partial charge in [0.25, 0.3) is 0 Å². The molecule has 2 aromatic carbocycles. The number of carbonyl (C=O) groups is 1. The van der Waals surface area contributed by atoms with E-state index in [2.05, 4.69) is 16.7 Å². The van der Waals surface area contributed by atoms with Gasteiger partial charge in [-0.15, -0.1) is 0 Å². The second kappa shape index (κ2) is 5.35. The highest BCUT2D eigenvalue weighted by Crippen LogP contribution is 2.34. The summed E-state index contributed by atoms with van der Waals surface area (Å²) in [5.41, 5.74) is 3.00. The molecular formula is C17H16N2O3. The second-order valence-electron chi connectivity index (χ2n) is 5.44. The Kier molecular flexibility index (Phi) is 3.20. The molecule has 1 atom stereocenters. The zero-order valence-corrected chi connectivity index (χ0v) is 12.0. The van der Waals surface area contributed by atoms with Crippen molar-refractivity contribution in [2.75, 3.05) is 18.7 Å². The Morgan fingerprint density at radius 1 is 1.14 bits per heavy atom. The number of nitrogens with one attached hydrogen (secondary N) is 2. The van der Waals surface area contributed by atoms with Crippen LogP contribution in [0.4, 0.5) is 5.69 Å². The van der Waals surface area contributed by atoms with Crippen LogP contribution in [-0.2, 0) is 11.3 Å². The molecule has 2 aliphatic heterocycles. The minimum absolute atomic E-state index is 0.0153. The van der Waals surface area contributed by atoms with Crippen LogP contribution in [0.25, 0.3) is 0 Å². The molecule has 0 aromatic heterocycles. The fourth-order valence-electron chi connectivity index (χ4n) is 2.93. The van der Waals surface area contributed by atoms with Crippen LogP contribution in [0.3, 0.4) is 0 Å². The molecule has 5 heteroatoms. The van der Waals surface area contributed by atoms with Crippen LogP contribution in [0.5, 0.6) is 11.5 Å². The number of fused-ring (bicyclic) bond motifs is 2. The third-order valence-corrected chi connectivity index (χ3v) is 4.05. The van der Waals surface area contributed by atoms with Crippen LogP contribution in [-0.4, -0.2) is 19.2 Å². The van der Waals surface area contributed by atoms with Crippen molar-refractivity contribution in [3.8, 4) is 11.5 Å². The zero-order valence-electron chi connectivity index (χ0n) is 12.0. The highest BCUT2D eigenvalue weighted by molar-refractivity contribution is 5.96. The summed E-state index contributed by atoms with van der Waals surface area (Å²) in [4.78, 5) is 12.6. The summed E-state index contributed by atoms with van der Waals surface area (Å²) in [5.74, 6) is 1.18. The monoisotopic (exact) mass is 296 g/mol. The van der Waals surface area contributed by atoms with Gasteiger partial charge in [0.15, 0.2) is 11.5 Å². The molecule has 5 nitrogen and oxygen atoms in total. The van der Waals surface area contributed by atoms with Gasteiger partial charge in [0.1, 0.15) is 0 Å². The number of hydrogen-bond donors (Lipinski definition) is 2. The van der Waals surface area contributed by atoms with Crippen molar-refractivity contribution in [3.63, 3.8) is 0 Å². The summed E-state index contributed by atoms with van der Waals surface area (Å²) in [6.45, 7) is 1.68. The minimum Gasteiger partial charge on any atom is -0.454 e. The van der Waals surface area contributed by atoms with E-state index in [9.17, 15) is 4.79 Å². The van der Waals surface area contributed by atoms with E-state index in [1.165, 1.54) is 5.56 Å². The number of rotatable bonds is 2. The summed E-state index contributed by atoms with van der Waals surface area (Å²) in [6.07, 6.45) is 0. The lowest BCUT2D eigenvalue weighted by Gasteiger charge is -2.25. The molecule has 0 bridgehead atoms. The van der Waals surface area contributed by atoms with Crippen molar-refractivity contribution in [2.45, 2.75) is 12.5 Å². The van der Waals surface area contributed by atoms with Gasteiger partial charge in [-0.3, -0.25) is 4.79 Å². The second-order valence-corrected chi connectivity index (χ2v) is 5.44. The zero-order chi connectivity index (χ0) is 14.9. The highest BCUT2D eigenvalue weighted by atomic mass is 16.7. The Morgan fingerprint density at radius 2 is 2.00 bits per heavy atom. The molecule has 0 fully saturated rings. The van der Waals surface area contributed by atoms with Crippen molar-refractivity contribution in [1.82, 2.24) is 5.32 Å². The predicted octanol–water partition coefficient (Wildman–Crippen LogP) is 2.24. The molecule has 2 N–H and O–H groups in total. The van der Waals surface area contributed by atoms with Gasteiger partial charge in [0, 0.05) is 24.8 Å². The van der Waals surface area contributed by atoms with Crippen LogP contribution in [0.1, 0.15) is 17.0 Å². The number of benzene rings is 2. The van der Waals surface area contributed by atoms with Gasteiger partial charge in [-0.05, 0) is 23.3 Å². The van der Waals surface area contributed by atoms with Crippen LogP contribution < -0.4 is 20.1 Å².